The zero-order valence-electron chi connectivity index (χ0n) is 18.5. The summed E-state index contributed by atoms with van der Waals surface area (Å²) in [5, 5.41) is 30.8. The van der Waals surface area contributed by atoms with Crippen molar-refractivity contribution in [1.82, 2.24) is 0 Å². The van der Waals surface area contributed by atoms with Gasteiger partial charge in [-0.25, -0.2) is 0 Å². The highest BCUT2D eigenvalue weighted by Gasteiger charge is 2.28. The van der Waals surface area contributed by atoms with Crippen LogP contribution in [0.5, 0.6) is 34.5 Å². The standard InChI is InChI=1S/C26H26O6/c1-5-15-10-19-23(16-6-8-18(27)9-7-16)20(13-32-26(19)14(2)24(15)28)17-11-21(30-3)25(29)22(12-17)31-4/h6-12,27-29H,5,13H2,1-4H3. The van der Waals surface area contributed by atoms with Crippen LogP contribution in [0.4, 0.5) is 0 Å². The van der Waals surface area contributed by atoms with Gasteiger partial charge in [0.05, 0.1) is 14.2 Å². The normalized spacial score (nSPS) is 12.9. The van der Waals surface area contributed by atoms with Gasteiger partial charge in [-0.15, -0.1) is 0 Å². The Bertz CT molecular complexity index is 1180. The van der Waals surface area contributed by atoms with E-state index in [0.29, 0.717) is 29.2 Å². The molecule has 3 aromatic carbocycles. The molecule has 0 radical (unpaired) electrons. The molecular weight excluding hydrogens is 408 g/mol. The van der Waals surface area contributed by atoms with Crippen LogP contribution in [0.2, 0.25) is 0 Å². The molecule has 0 fully saturated rings. The van der Waals surface area contributed by atoms with Gasteiger partial charge in [-0.1, -0.05) is 19.1 Å². The Morgan fingerprint density at radius 3 is 2.06 bits per heavy atom. The lowest BCUT2D eigenvalue weighted by Gasteiger charge is -2.28. The molecule has 1 aliphatic rings. The molecule has 0 aliphatic carbocycles. The van der Waals surface area contributed by atoms with Gasteiger partial charge in [0.15, 0.2) is 11.5 Å². The van der Waals surface area contributed by atoms with Crippen molar-refractivity contribution in [2.75, 3.05) is 20.8 Å². The Morgan fingerprint density at radius 1 is 0.875 bits per heavy atom. The zero-order chi connectivity index (χ0) is 23.0. The second-order valence-electron chi connectivity index (χ2n) is 7.66. The largest absolute Gasteiger partial charge is 0.508 e. The average Bonchev–Trinajstić information content (AvgIpc) is 2.81. The van der Waals surface area contributed by atoms with Crippen molar-refractivity contribution < 1.29 is 29.5 Å². The number of rotatable bonds is 5. The summed E-state index contributed by atoms with van der Waals surface area (Å²) in [6.07, 6.45) is 0.666. The minimum absolute atomic E-state index is 0.0725. The predicted molar refractivity (Wildman–Crippen MR) is 123 cm³/mol. The van der Waals surface area contributed by atoms with Gasteiger partial charge >= 0.3 is 0 Å². The molecule has 4 rings (SSSR count). The Hall–Kier alpha value is -3.80. The summed E-state index contributed by atoms with van der Waals surface area (Å²) < 4.78 is 16.9. The van der Waals surface area contributed by atoms with Gasteiger partial charge in [0, 0.05) is 16.7 Å². The quantitative estimate of drug-likeness (QED) is 0.521. The lowest BCUT2D eigenvalue weighted by Crippen LogP contribution is -2.13. The lowest BCUT2D eigenvalue weighted by molar-refractivity contribution is 0.339. The van der Waals surface area contributed by atoms with Crippen LogP contribution in [0.15, 0.2) is 42.5 Å². The van der Waals surface area contributed by atoms with Crippen LogP contribution in [0.3, 0.4) is 0 Å². The molecule has 0 spiro atoms. The highest BCUT2D eigenvalue weighted by atomic mass is 16.5. The Kier molecular flexibility index (Phi) is 5.61. The van der Waals surface area contributed by atoms with Gasteiger partial charge in [0.25, 0.3) is 0 Å². The van der Waals surface area contributed by atoms with Gasteiger partial charge in [-0.05, 0) is 65.9 Å². The number of benzene rings is 3. The van der Waals surface area contributed by atoms with Gasteiger partial charge in [0.1, 0.15) is 23.9 Å². The molecule has 6 nitrogen and oxygen atoms in total. The van der Waals surface area contributed by atoms with Gasteiger partial charge < -0.3 is 29.5 Å². The van der Waals surface area contributed by atoms with Crippen LogP contribution < -0.4 is 14.2 Å². The summed E-state index contributed by atoms with van der Waals surface area (Å²) in [6, 6.07) is 12.4. The first kappa shape index (κ1) is 21.4. The molecule has 3 N–H and O–H groups in total. The maximum Gasteiger partial charge on any atom is 0.200 e. The molecule has 0 atom stereocenters. The van der Waals surface area contributed by atoms with Crippen LogP contribution in [0.1, 0.15) is 34.7 Å². The predicted octanol–water partition coefficient (Wildman–Crippen LogP) is 5.04. The first-order valence-corrected chi connectivity index (χ1v) is 10.4. The van der Waals surface area contributed by atoms with Crippen molar-refractivity contribution in [3.8, 4) is 34.5 Å². The van der Waals surface area contributed by atoms with E-state index in [2.05, 4.69) is 0 Å². The van der Waals surface area contributed by atoms with Crippen LogP contribution in [0.25, 0.3) is 11.1 Å². The average molecular weight is 434 g/mol. The summed E-state index contributed by atoms with van der Waals surface area (Å²) >= 11 is 0. The van der Waals surface area contributed by atoms with Crippen LogP contribution >= 0.6 is 0 Å². The number of methoxy groups -OCH3 is 2. The first-order chi connectivity index (χ1) is 15.4. The fourth-order valence-electron chi connectivity index (χ4n) is 4.13. The van der Waals surface area contributed by atoms with E-state index < -0.39 is 0 Å². The van der Waals surface area contributed by atoms with E-state index in [1.807, 2.05) is 32.0 Å². The molecule has 0 saturated heterocycles. The van der Waals surface area contributed by atoms with Crippen molar-refractivity contribution in [1.29, 1.82) is 0 Å². The number of fused-ring (bicyclic) bond motifs is 1. The van der Waals surface area contributed by atoms with Gasteiger partial charge in [0.2, 0.25) is 5.75 Å². The SMILES string of the molecule is CCc1cc2c(c(C)c1O)OCC(c1cc(OC)c(O)c(OC)c1)=C2c1ccc(O)cc1. The fraction of sp³-hybridized carbons (Fsp3) is 0.231. The molecule has 3 aromatic rings. The van der Waals surface area contributed by atoms with Crippen molar-refractivity contribution in [3.63, 3.8) is 0 Å². The second-order valence-corrected chi connectivity index (χ2v) is 7.66. The molecule has 6 heteroatoms. The zero-order valence-corrected chi connectivity index (χ0v) is 18.5. The molecule has 0 amide bonds. The molecule has 32 heavy (non-hydrogen) atoms. The molecule has 0 aromatic heterocycles. The Morgan fingerprint density at radius 2 is 1.50 bits per heavy atom. The molecule has 0 saturated carbocycles. The van der Waals surface area contributed by atoms with Crippen molar-refractivity contribution in [2.24, 2.45) is 0 Å². The van der Waals surface area contributed by atoms with E-state index >= 15 is 0 Å². The third kappa shape index (κ3) is 3.47. The Balaban J connectivity index is 2.07. The van der Waals surface area contributed by atoms with E-state index in [-0.39, 0.29) is 23.9 Å². The molecule has 0 unspecified atom stereocenters. The second kappa shape index (κ2) is 8.38. The van der Waals surface area contributed by atoms with Gasteiger partial charge in [-0.2, -0.15) is 0 Å². The number of ether oxygens (including phenoxy) is 3. The highest BCUT2D eigenvalue weighted by Crippen LogP contribution is 2.48. The van der Waals surface area contributed by atoms with E-state index in [0.717, 1.165) is 33.4 Å². The molecule has 166 valence electrons. The van der Waals surface area contributed by atoms with Crippen LogP contribution in [-0.4, -0.2) is 36.1 Å². The van der Waals surface area contributed by atoms with Crippen molar-refractivity contribution in [2.45, 2.75) is 20.3 Å². The van der Waals surface area contributed by atoms with Crippen LogP contribution in [0, 0.1) is 6.92 Å². The topological polar surface area (TPSA) is 88.4 Å². The number of hydrogen-bond donors (Lipinski definition) is 3. The summed E-state index contributed by atoms with van der Waals surface area (Å²) in [5.41, 5.74) is 5.81. The van der Waals surface area contributed by atoms with Crippen LogP contribution in [-0.2, 0) is 6.42 Å². The fourth-order valence-corrected chi connectivity index (χ4v) is 4.13. The number of phenolic OH excluding ortho intramolecular Hbond substituents is 3. The number of aromatic hydroxyl groups is 3. The third-order valence-electron chi connectivity index (χ3n) is 5.86. The van der Waals surface area contributed by atoms with Gasteiger partial charge in [-0.3, -0.25) is 0 Å². The minimum atomic E-state index is -0.0725. The number of aryl methyl sites for hydroxylation is 1. The smallest absolute Gasteiger partial charge is 0.200 e. The Labute approximate surface area is 186 Å². The van der Waals surface area contributed by atoms with E-state index in [1.165, 1.54) is 14.2 Å². The van der Waals surface area contributed by atoms with E-state index in [9.17, 15) is 15.3 Å². The molecule has 1 heterocycles. The number of hydrogen-bond acceptors (Lipinski definition) is 6. The summed E-state index contributed by atoms with van der Waals surface area (Å²) in [6.45, 7) is 4.08. The summed E-state index contributed by atoms with van der Waals surface area (Å²) in [5.74, 6) is 1.55. The highest BCUT2D eigenvalue weighted by molar-refractivity contribution is 6.02. The minimum Gasteiger partial charge on any atom is -0.508 e. The maximum absolute atomic E-state index is 10.6. The lowest BCUT2D eigenvalue weighted by atomic mass is 9.85. The summed E-state index contributed by atoms with van der Waals surface area (Å²) in [4.78, 5) is 0. The molecule has 0 bridgehead atoms. The molecule has 1 aliphatic heterocycles. The van der Waals surface area contributed by atoms with E-state index in [4.69, 9.17) is 14.2 Å². The molecular formula is C26H26O6. The number of phenols is 3. The van der Waals surface area contributed by atoms with Crippen molar-refractivity contribution in [3.05, 3.63) is 70.3 Å². The van der Waals surface area contributed by atoms with Crippen molar-refractivity contribution >= 4 is 11.1 Å². The first-order valence-electron chi connectivity index (χ1n) is 10.4. The summed E-state index contributed by atoms with van der Waals surface area (Å²) in [7, 11) is 2.97. The van der Waals surface area contributed by atoms with E-state index in [1.54, 1.807) is 24.3 Å². The maximum atomic E-state index is 10.6. The third-order valence-corrected chi connectivity index (χ3v) is 5.86. The monoisotopic (exact) mass is 434 g/mol.